The quantitative estimate of drug-likeness (QED) is 0.813. The number of pyridine rings is 1. The van der Waals surface area contributed by atoms with Crippen molar-refractivity contribution in [3.05, 3.63) is 41.7 Å². The summed E-state index contributed by atoms with van der Waals surface area (Å²) in [5.41, 5.74) is 8.01. The van der Waals surface area contributed by atoms with Crippen LogP contribution < -0.4 is 10.5 Å². The van der Waals surface area contributed by atoms with Crippen molar-refractivity contribution < 1.29 is 4.74 Å². The number of para-hydroxylation sites is 1. The van der Waals surface area contributed by atoms with E-state index in [1.165, 1.54) is 0 Å². The highest BCUT2D eigenvalue weighted by Crippen LogP contribution is 2.31. The Balaban J connectivity index is 2.54. The lowest BCUT2D eigenvalue weighted by Crippen LogP contribution is -1.92. The smallest absolute Gasteiger partial charge is 0.151 e. The average Bonchev–Trinajstić information content (AvgIpc) is 2.32. The Morgan fingerprint density at radius 3 is 2.75 bits per heavy atom. The first-order valence-corrected chi connectivity index (χ1v) is 5.14. The number of benzene rings is 1. The van der Waals surface area contributed by atoms with Crippen LogP contribution >= 0.6 is 11.6 Å². The van der Waals surface area contributed by atoms with E-state index >= 15 is 0 Å². The van der Waals surface area contributed by atoms with E-state index in [0.29, 0.717) is 10.8 Å². The number of nitrogens with zero attached hydrogens (tertiary/aromatic N) is 1. The third kappa shape index (κ3) is 1.95. The fourth-order valence-electron chi connectivity index (χ4n) is 1.50. The Labute approximate surface area is 98.8 Å². The minimum Gasteiger partial charge on any atom is -0.496 e. The normalized spacial score (nSPS) is 10.1. The van der Waals surface area contributed by atoms with Crippen molar-refractivity contribution in [2.75, 3.05) is 12.8 Å². The molecule has 1 heterocycles. The number of hydrogen-bond donors (Lipinski definition) is 1. The van der Waals surface area contributed by atoms with Gasteiger partial charge in [-0.3, -0.25) is 0 Å². The van der Waals surface area contributed by atoms with Gasteiger partial charge in [0.05, 0.1) is 12.8 Å². The highest BCUT2D eigenvalue weighted by molar-refractivity contribution is 6.31. The Morgan fingerprint density at radius 2 is 2.06 bits per heavy atom. The van der Waals surface area contributed by atoms with E-state index in [1.807, 2.05) is 24.3 Å². The molecule has 0 aliphatic heterocycles. The molecule has 16 heavy (non-hydrogen) atoms. The van der Waals surface area contributed by atoms with Crippen LogP contribution in [0.4, 0.5) is 5.69 Å². The molecule has 0 fully saturated rings. The second-order valence-electron chi connectivity index (χ2n) is 3.30. The zero-order chi connectivity index (χ0) is 11.5. The molecule has 1 aromatic heterocycles. The van der Waals surface area contributed by atoms with Gasteiger partial charge in [-0.05, 0) is 12.1 Å². The van der Waals surface area contributed by atoms with Crippen LogP contribution in [0, 0.1) is 0 Å². The Bertz CT molecular complexity index is 514. The molecule has 0 unspecified atom stereocenters. The molecule has 0 aliphatic rings. The number of anilines is 1. The number of methoxy groups -OCH3 is 1. The van der Waals surface area contributed by atoms with Gasteiger partial charge in [0.15, 0.2) is 5.15 Å². The molecule has 0 aliphatic carbocycles. The molecule has 1 aromatic carbocycles. The first kappa shape index (κ1) is 10.8. The molecular weight excluding hydrogens is 224 g/mol. The summed E-state index contributed by atoms with van der Waals surface area (Å²) < 4.78 is 5.27. The summed E-state index contributed by atoms with van der Waals surface area (Å²) >= 11 is 5.77. The van der Waals surface area contributed by atoms with E-state index in [4.69, 9.17) is 22.1 Å². The van der Waals surface area contributed by atoms with Crippen LogP contribution in [0.3, 0.4) is 0 Å². The van der Waals surface area contributed by atoms with Gasteiger partial charge in [0.1, 0.15) is 5.75 Å². The molecule has 0 saturated heterocycles. The van der Waals surface area contributed by atoms with Crippen molar-refractivity contribution in [2.24, 2.45) is 0 Å². The summed E-state index contributed by atoms with van der Waals surface area (Å²) in [7, 11) is 1.63. The van der Waals surface area contributed by atoms with Crippen molar-refractivity contribution in [3.63, 3.8) is 0 Å². The lowest BCUT2D eigenvalue weighted by molar-refractivity contribution is 0.416. The number of nitrogen functional groups attached to an aromatic ring is 1. The Kier molecular flexibility index (Phi) is 2.97. The number of ether oxygens (including phenoxy) is 1. The number of nitrogens with two attached hydrogens (primary N) is 1. The monoisotopic (exact) mass is 234 g/mol. The standard InChI is InChI=1S/C12H11ClN2O/c1-16-11-5-3-2-4-9(11)8-6-10(14)12(13)15-7-8/h2-7H,14H2,1H3. The molecule has 2 rings (SSSR count). The van der Waals surface area contributed by atoms with E-state index in [2.05, 4.69) is 4.98 Å². The summed E-state index contributed by atoms with van der Waals surface area (Å²) in [6.45, 7) is 0. The minimum atomic E-state index is 0.318. The van der Waals surface area contributed by atoms with Crippen LogP contribution in [0.2, 0.25) is 5.15 Å². The molecule has 0 atom stereocenters. The molecule has 0 radical (unpaired) electrons. The number of aromatic nitrogens is 1. The van der Waals surface area contributed by atoms with Gasteiger partial charge >= 0.3 is 0 Å². The van der Waals surface area contributed by atoms with Gasteiger partial charge < -0.3 is 10.5 Å². The van der Waals surface area contributed by atoms with Crippen LogP contribution in [0.15, 0.2) is 36.5 Å². The third-order valence-corrected chi connectivity index (χ3v) is 2.60. The molecule has 0 spiro atoms. The Hall–Kier alpha value is -1.74. The van der Waals surface area contributed by atoms with Crippen molar-refractivity contribution >= 4 is 17.3 Å². The fraction of sp³-hybridized carbons (Fsp3) is 0.0833. The first-order valence-electron chi connectivity index (χ1n) is 4.77. The van der Waals surface area contributed by atoms with Gasteiger partial charge in [-0.1, -0.05) is 29.8 Å². The van der Waals surface area contributed by atoms with Crippen LogP contribution in [-0.2, 0) is 0 Å². The number of hydrogen-bond acceptors (Lipinski definition) is 3. The Morgan fingerprint density at radius 1 is 1.31 bits per heavy atom. The van der Waals surface area contributed by atoms with E-state index in [0.717, 1.165) is 16.9 Å². The second-order valence-corrected chi connectivity index (χ2v) is 3.66. The van der Waals surface area contributed by atoms with Crippen molar-refractivity contribution in [1.29, 1.82) is 0 Å². The largest absolute Gasteiger partial charge is 0.496 e. The zero-order valence-corrected chi connectivity index (χ0v) is 9.53. The highest BCUT2D eigenvalue weighted by atomic mass is 35.5. The maximum absolute atomic E-state index is 5.77. The number of rotatable bonds is 2. The summed E-state index contributed by atoms with van der Waals surface area (Å²) in [5.74, 6) is 0.783. The average molecular weight is 235 g/mol. The van der Waals surface area contributed by atoms with E-state index in [9.17, 15) is 0 Å². The molecule has 3 nitrogen and oxygen atoms in total. The summed E-state index contributed by atoms with van der Waals surface area (Å²) in [4.78, 5) is 4.02. The molecule has 0 saturated carbocycles. The van der Waals surface area contributed by atoms with Crippen LogP contribution in [0.1, 0.15) is 0 Å². The van der Waals surface area contributed by atoms with E-state index < -0.39 is 0 Å². The van der Waals surface area contributed by atoms with Crippen molar-refractivity contribution in [1.82, 2.24) is 4.98 Å². The van der Waals surface area contributed by atoms with Gasteiger partial charge in [0, 0.05) is 17.3 Å². The molecule has 0 amide bonds. The third-order valence-electron chi connectivity index (χ3n) is 2.28. The maximum Gasteiger partial charge on any atom is 0.151 e. The van der Waals surface area contributed by atoms with Gasteiger partial charge in [-0.25, -0.2) is 4.98 Å². The zero-order valence-electron chi connectivity index (χ0n) is 8.77. The van der Waals surface area contributed by atoms with E-state index in [1.54, 1.807) is 19.4 Å². The second kappa shape index (κ2) is 4.41. The molecule has 2 N–H and O–H groups in total. The lowest BCUT2D eigenvalue weighted by atomic mass is 10.1. The maximum atomic E-state index is 5.77. The van der Waals surface area contributed by atoms with Gasteiger partial charge in [-0.15, -0.1) is 0 Å². The van der Waals surface area contributed by atoms with E-state index in [-0.39, 0.29) is 0 Å². The lowest BCUT2D eigenvalue weighted by Gasteiger charge is -2.08. The predicted octanol–water partition coefficient (Wildman–Crippen LogP) is 2.99. The first-order chi connectivity index (χ1) is 7.72. The summed E-state index contributed by atoms with van der Waals surface area (Å²) in [6.07, 6.45) is 1.68. The molecule has 4 heteroatoms. The van der Waals surface area contributed by atoms with Crippen molar-refractivity contribution in [2.45, 2.75) is 0 Å². The molecular formula is C12H11ClN2O. The molecule has 2 aromatic rings. The number of halogens is 1. The van der Waals surface area contributed by atoms with Crippen molar-refractivity contribution in [3.8, 4) is 16.9 Å². The predicted molar refractivity (Wildman–Crippen MR) is 65.6 cm³/mol. The minimum absolute atomic E-state index is 0.318. The fourth-order valence-corrected chi connectivity index (χ4v) is 1.60. The summed E-state index contributed by atoms with van der Waals surface area (Å²) in [6, 6.07) is 9.47. The molecule has 82 valence electrons. The topological polar surface area (TPSA) is 48.1 Å². The summed E-state index contributed by atoms with van der Waals surface area (Å²) in [5, 5.41) is 0.318. The SMILES string of the molecule is COc1ccccc1-c1cnc(Cl)c(N)c1. The van der Waals surface area contributed by atoms with Crippen LogP contribution in [0.25, 0.3) is 11.1 Å². The molecule has 0 bridgehead atoms. The van der Waals surface area contributed by atoms with Crippen LogP contribution in [-0.4, -0.2) is 12.1 Å². The van der Waals surface area contributed by atoms with Crippen LogP contribution in [0.5, 0.6) is 5.75 Å². The van der Waals surface area contributed by atoms with Gasteiger partial charge in [0.2, 0.25) is 0 Å². The highest BCUT2D eigenvalue weighted by Gasteiger charge is 2.06. The van der Waals surface area contributed by atoms with Gasteiger partial charge in [-0.2, -0.15) is 0 Å². The van der Waals surface area contributed by atoms with Gasteiger partial charge in [0.25, 0.3) is 0 Å².